The molecule has 0 aliphatic heterocycles. The predicted octanol–water partition coefficient (Wildman–Crippen LogP) is 4.24. The van der Waals surface area contributed by atoms with Crippen LogP contribution >= 0.6 is 22.9 Å². The third kappa shape index (κ3) is 3.68. The number of pyridine rings is 1. The van der Waals surface area contributed by atoms with Crippen LogP contribution in [0.1, 0.15) is 21.5 Å². The van der Waals surface area contributed by atoms with Crippen molar-refractivity contribution in [3.05, 3.63) is 64.6 Å². The normalized spacial score (nSPS) is 11.0. The van der Waals surface area contributed by atoms with Gasteiger partial charge >= 0.3 is 0 Å². The second-order valence-corrected chi connectivity index (χ2v) is 7.91. The summed E-state index contributed by atoms with van der Waals surface area (Å²) in [6.07, 6.45) is 5.08. The van der Waals surface area contributed by atoms with E-state index in [1.807, 2.05) is 31.2 Å². The zero-order valence-corrected chi connectivity index (χ0v) is 17.7. The average Bonchev–Trinajstić information content (AvgIpc) is 3.33. The maximum absolute atomic E-state index is 13.5. The first-order chi connectivity index (χ1) is 14.0. The number of hydrogen-bond donors (Lipinski definition) is 0. The molecule has 0 saturated heterocycles. The minimum atomic E-state index is -0.249. The Bertz CT molecular complexity index is 1190. The van der Waals surface area contributed by atoms with E-state index in [2.05, 4.69) is 10.1 Å². The number of anilines is 1. The number of rotatable bonds is 5. The van der Waals surface area contributed by atoms with Crippen molar-refractivity contribution in [3.63, 3.8) is 0 Å². The molecule has 0 fully saturated rings. The summed E-state index contributed by atoms with van der Waals surface area (Å²) in [5.41, 5.74) is 2.93. The first-order valence-corrected chi connectivity index (χ1v) is 10.0. The van der Waals surface area contributed by atoms with E-state index in [1.165, 1.54) is 18.4 Å². The van der Waals surface area contributed by atoms with Crippen LogP contribution in [0.4, 0.5) is 5.13 Å². The van der Waals surface area contributed by atoms with Crippen LogP contribution in [0.3, 0.4) is 0 Å². The number of aromatic nitrogens is 4. The Morgan fingerprint density at radius 2 is 2.17 bits per heavy atom. The lowest BCUT2D eigenvalue weighted by Crippen LogP contribution is -2.30. The van der Waals surface area contributed by atoms with E-state index in [4.69, 9.17) is 21.3 Å². The van der Waals surface area contributed by atoms with Crippen LogP contribution in [-0.2, 0) is 13.6 Å². The van der Waals surface area contributed by atoms with Crippen LogP contribution in [0.15, 0.2) is 42.9 Å². The van der Waals surface area contributed by atoms with Gasteiger partial charge in [-0.05, 0) is 36.2 Å². The predicted molar refractivity (Wildman–Crippen MR) is 114 cm³/mol. The van der Waals surface area contributed by atoms with Crippen molar-refractivity contribution >= 4 is 44.2 Å². The minimum absolute atomic E-state index is 0.249. The number of carbonyl (C=O) groups excluding carboxylic acids is 1. The quantitative estimate of drug-likeness (QED) is 0.476. The molecule has 0 aliphatic rings. The van der Waals surface area contributed by atoms with Crippen molar-refractivity contribution in [1.29, 1.82) is 0 Å². The molecule has 3 heterocycles. The highest BCUT2D eigenvalue weighted by Crippen LogP contribution is 2.35. The Morgan fingerprint density at radius 1 is 1.34 bits per heavy atom. The molecule has 4 rings (SSSR count). The lowest BCUT2D eigenvalue weighted by molar-refractivity contribution is 0.0982. The van der Waals surface area contributed by atoms with Gasteiger partial charge in [0.25, 0.3) is 5.91 Å². The molecule has 0 aliphatic carbocycles. The summed E-state index contributed by atoms with van der Waals surface area (Å²) in [5.74, 6) is 0.0237. The molecule has 0 unspecified atom stereocenters. The zero-order valence-electron chi connectivity index (χ0n) is 16.1. The van der Waals surface area contributed by atoms with E-state index in [9.17, 15) is 4.79 Å². The highest BCUT2D eigenvalue weighted by molar-refractivity contribution is 7.22. The van der Waals surface area contributed by atoms with E-state index in [-0.39, 0.29) is 11.8 Å². The standard InChI is InChI=1S/C20H18ClN5O2S/c1-12-15(21)6-7-16-17(12)23-20(29-16)26(10-13-5-4-8-22-9-13)19(27)14-11-25(2)24-18(14)28-3/h4-9,11H,10H2,1-3H3. The number of halogens is 1. The average molecular weight is 428 g/mol. The fraction of sp³-hybridized carbons (Fsp3) is 0.200. The molecule has 0 N–H and O–H groups in total. The van der Waals surface area contributed by atoms with Gasteiger partial charge in [0.1, 0.15) is 5.56 Å². The first-order valence-electron chi connectivity index (χ1n) is 8.82. The number of carbonyl (C=O) groups is 1. The van der Waals surface area contributed by atoms with Gasteiger partial charge in [0.05, 0.1) is 23.9 Å². The molecule has 1 aromatic carbocycles. The summed E-state index contributed by atoms with van der Waals surface area (Å²) >= 11 is 7.69. The van der Waals surface area contributed by atoms with E-state index >= 15 is 0 Å². The SMILES string of the molecule is COc1nn(C)cc1C(=O)N(Cc1cccnc1)c1nc2c(C)c(Cl)ccc2s1. The summed E-state index contributed by atoms with van der Waals surface area (Å²) < 4.78 is 7.81. The molecular formula is C20H18ClN5O2S. The molecule has 4 aromatic rings. The zero-order chi connectivity index (χ0) is 20.5. The topological polar surface area (TPSA) is 73.1 Å². The maximum atomic E-state index is 13.5. The van der Waals surface area contributed by atoms with Crippen LogP contribution in [0.2, 0.25) is 5.02 Å². The number of amides is 1. The van der Waals surface area contributed by atoms with Crippen LogP contribution in [-0.4, -0.2) is 32.8 Å². The highest BCUT2D eigenvalue weighted by atomic mass is 35.5. The monoisotopic (exact) mass is 427 g/mol. The highest BCUT2D eigenvalue weighted by Gasteiger charge is 2.27. The Morgan fingerprint density at radius 3 is 2.90 bits per heavy atom. The number of hydrogen-bond acceptors (Lipinski definition) is 6. The van der Waals surface area contributed by atoms with E-state index in [1.54, 1.807) is 35.2 Å². The molecule has 9 heteroatoms. The Kier molecular flexibility index (Phi) is 5.21. The van der Waals surface area contributed by atoms with Crippen molar-refractivity contribution in [2.24, 2.45) is 7.05 Å². The number of fused-ring (bicyclic) bond motifs is 1. The van der Waals surface area contributed by atoms with Gasteiger partial charge in [0.15, 0.2) is 5.13 Å². The molecule has 29 heavy (non-hydrogen) atoms. The van der Waals surface area contributed by atoms with Crippen LogP contribution in [0.25, 0.3) is 10.2 Å². The van der Waals surface area contributed by atoms with Crippen molar-refractivity contribution in [3.8, 4) is 5.88 Å². The molecule has 0 spiro atoms. The molecule has 0 bridgehead atoms. The smallest absolute Gasteiger partial charge is 0.267 e. The first kappa shape index (κ1) is 19.4. The molecule has 148 valence electrons. The fourth-order valence-corrected chi connectivity index (χ4v) is 4.19. The van der Waals surface area contributed by atoms with Crippen LogP contribution < -0.4 is 9.64 Å². The second-order valence-electron chi connectivity index (χ2n) is 6.49. The van der Waals surface area contributed by atoms with Gasteiger partial charge in [-0.25, -0.2) is 4.98 Å². The number of benzene rings is 1. The van der Waals surface area contributed by atoms with Gasteiger partial charge in [-0.3, -0.25) is 19.4 Å². The van der Waals surface area contributed by atoms with E-state index < -0.39 is 0 Å². The van der Waals surface area contributed by atoms with Gasteiger partial charge in [-0.15, -0.1) is 5.10 Å². The summed E-state index contributed by atoms with van der Waals surface area (Å²) in [5, 5.41) is 5.42. The lowest BCUT2D eigenvalue weighted by Gasteiger charge is -2.19. The number of thiazole rings is 1. The molecule has 0 radical (unpaired) electrons. The fourth-order valence-electron chi connectivity index (χ4n) is 3.02. The minimum Gasteiger partial charge on any atom is -0.479 e. The number of methoxy groups -OCH3 is 1. The van der Waals surface area contributed by atoms with Crippen molar-refractivity contribution in [2.45, 2.75) is 13.5 Å². The molecule has 3 aromatic heterocycles. The largest absolute Gasteiger partial charge is 0.479 e. The summed E-state index contributed by atoms with van der Waals surface area (Å²) in [6, 6.07) is 7.52. The van der Waals surface area contributed by atoms with Gasteiger partial charge in [0.2, 0.25) is 5.88 Å². The van der Waals surface area contributed by atoms with Gasteiger partial charge in [-0.2, -0.15) is 0 Å². The van der Waals surface area contributed by atoms with Crippen LogP contribution in [0, 0.1) is 6.92 Å². The molecule has 1 amide bonds. The van der Waals surface area contributed by atoms with Gasteiger partial charge < -0.3 is 4.74 Å². The molecule has 7 nitrogen and oxygen atoms in total. The van der Waals surface area contributed by atoms with Crippen molar-refractivity contribution in [1.82, 2.24) is 19.7 Å². The van der Waals surface area contributed by atoms with Crippen molar-refractivity contribution in [2.75, 3.05) is 12.0 Å². The Hall–Kier alpha value is -2.97. The number of aryl methyl sites for hydroxylation is 2. The molecule has 0 saturated carbocycles. The van der Waals surface area contributed by atoms with E-state index in [0.717, 1.165) is 21.3 Å². The molecule has 0 atom stereocenters. The summed E-state index contributed by atoms with van der Waals surface area (Å²) in [6.45, 7) is 2.24. The van der Waals surface area contributed by atoms with Crippen LogP contribution in [0.5, 0.6) is 5.88 Å². The van der Waals surface area contributed by atoms with Gasteiger partial charge in [-0.1, -0.05) is 29.0 Å². The van der Waals surface area contributed by atoms with E-state index in [0.29, 0.717) is 22.3 Å². The summed E-state index contributed by atoms with van der Waals surface area (Å²) in [4.78, 5) is 24.0. The number of ether oxygens (including phenoxy) is 1. The number of nitrogens with zero attached hydrogens (tertiary/aromatic N) is 5. The molecular weight excluding hydrogens is 410 g/mol. The second kappa shape index (κ2) is 7.81. The Balaban J connectivity index is 1.82. The third-order valence-electron chi connectivity index (χ3n) is 4.49. The van der Waals surface area contributed by atoms with Gasteiger partial charge in [0, 0.05) is 30.7 Å². The van der Waals surface area contributed by atoms with Crippen molar-refractivity contribution < 1.29 is 9.53 Å². The summed E-state index contributed by atoms with van der Waals surface area (Å²) in [7, 11) is 3.24. The third-order valence-corrected chi connectivity index (χ3v) is 5.95. The Labute approximate surface area is 176 Å². The maximum Gasteiger partial charge on any atom is 0.267 e. The lowest BCUT2D eigenvalue weighted by atomic mass is 10.2.